The summed E-state index contributed by atoms with van der Waals surface area (Å²) in [5.41, 5.74) is 3.11. The highest BCUT2D eigenvalue weighted by Gasteiger charge is 2.06. The maximum absolute atomic E-state index is 13.1. The van der Waals surface area contributed by atoms with Crippen LogP contribution in [0.15, 0.2) is 36.4 Å². The van der Waals surface area contributed by atoms with Gasteiger partial charge in [-0.25, -0.2) is 9.37 Å². The van der Waals surface area contributed by atoms with Gasteiger partial charge in [0.05, 0.1) is 15.2 Å². The molecule has 5 heteroatoms. The van der Waals surface area contributed by atoms with Crippen LogP contribution < -0.4 is 5.32 Å². The topological polar surface area (TPSA) is 24.9 Å². The Morgan fingerprint density at radius 3 is 2.90 bits per heavy atom. The fourth-order valence-electron chi connectivity index (χ4n) is 1.99. The first-order chi connectivity index (χ1) is 9.63. The van der Waals surface area contributed by atoms with Crippen molar-refractivity contribution in [2.24, 2.45) is 0 Å². The summed E-state index contributed by atoms with van der Waals surface area (Å²) in [6, 6.07) is 10.8. The number of fused-ring (bicyclic) bond motifs is 1. The van der Waals surface area contributed by atoms with E-state index in [1.54, 1.807) is 23.5 Å². The molecule has 0 saturated heterocycles. The Hall–Kier alpha value is -1.65. The molecule has 3 aromatic rings. The van der Waals surface area contributed by atoms with Crippen molar-refractivity contribution in [1.29, 1.82) is 0 Å². The van der Waals surface area contributed by atoms with E-state index in [9.17, 15) is 4.39 Å². The van der Waals surface area contributed by atoms with E-state index in [1.165, 1.54) is 6.07 Å². The molecule has 2 nitrogen and oxygen atoms in total. The fourth-order valence-corrected chi connectivity index (χ4v) is 3.13. The number of benzene rings is 2. The molecule has 0 radical (unpaired) electrons. The molecule has 0 amide bonds. The number of hydrogen-bond donors (Lipinski definition) is 1. The molecule has 1 aromatic heterocycles. The molecule has 0 aliphatic heterocycles. The van der Waals surface area contributed by atoms with Crippen LogP contribution in [0.5, 0.6) is 0 Å². The molecule has 3 rings (SSSR count). The number of nitrogens with zero attached hydrogens (tertiary/aromatic N) is 1. The van der Waals surface area contributed by atoms with Gasteiger partial charge in [-0.15, -0.1) is 0 Å². The fraction of sp³-hybridized carbons (Fsp3) is 0.133. The van der Waals surface area contributed by atoms with Crippen molar-refractivity contribution in [3.63, 3.8) is 0 Å². The van der Waals surface area contributed by atoms with Gasteiger partial charge in [0.2, 0.25) is 0 Å². The predicted molar refractivity (Wildman–Crippen MR) is 83.1 cm³/mol. The van der Waals surface area contributed by atoms with Crippen LogP contribution in [0.25, 0.3) is 10.2 Å². The van der Waals surface area contributed by atoms with Crippen LogP contribution in [-0.4, -0.2) is 4.98 Å². The van der Waals surface area contributed by atoms with E-state index in [0.717, 1.165) is 26.5 Å². The van der Waals surface area contributed by atoms with Crippen LogP contribution in [0.4, 0.5) is 9.52 Å². The van der Waals surface area contributed by atoms with E-state index in [2.05, 4.69) is 16.4 Å². The second-order valence-corrected chi connectivity index (χ2v) is 5.98. The molecule has 0 saturated carbocycles. The molecule has 1 heterocycles. The molecule has 102 valence electrons. The number of rotatable bonds is 3. The van der Waals surface area contributed by atoms with Crippen LogP contribution in [0.2, 0.25) is 5.02 Å². The molecule has 1 N–H and O–H groups in total. The number of aryl methyl sites for hydroxylation is 1. The first kappa shape index (κ1) is 13.3. The number of halogens is 2. The van der Waals surface area contributed by atoms with Crippen molar-refractivity contribution in [2.75, 3.05) is 5.32 Å². The third-order valence-electron chi connectivity index (χ3n) is 3.05. The Balaban J connectivity index is 1.79. The summed E-state index contributed by atoms with van der Waals surface area (Å²) in [6.45, 7) is 2.62. The summed E-state index contributed by atoms with van der Waals surface area (Å²) >= 11 is 7.37. The smallest absolute Gasteiger partial charge is 0.184 e. The molecule has 0 aliphatic rings. The van der Waals surface area contributed by atoms with Crippen LogP contribution in [0.3, 0.4) is 0 Å². The number of para-hydroxylation sites is 1. The van der Waals surface area contributed by atoms with Crippen molar-refractivity contribution in [3.8, 4) is 0 Å². The van der Waals surface area contributed by atoms with E-state index in [-0.39, 0.29) is 5.02 Å². The van der Waals surface area contributed by atoms with Gasteiger partial charge in [0.1, 0.15) is 5.82 Å². The second-order valence-electron chi connectivity index (χ2n) is 4.54. The van der Waals surface area contributed by atoms with Crippen LogP contribution in [-0.2, 0) is 6.54 Å². The lowest BCUT2D eigenvalue weighted by Gasteiger charge is -2.03. The lowest BCUT2D eigenvalue weighted by atomic mass is 10.2. The summed E-state index contributed by atoms with van der Waals surface area (Å²) < 4.78 is 14.2. The number of nitrogens with one attached hydrogen (secondary N) is 1. The quantitative estimate of drug-likeness (QED) is 0.736. The maximum atomic E-state index is 13.1. The maximum Gasteiger partial charge on any atom is 0.184 e. The van der Waals surface area contributed by atoms with Crippen molar-refractivity contribution in [2.45, 2.75) is 13.5 Å². The van der Waals surface area contributed by atoms with Gasteiger partial charge in [0, 0.05) is 6.54 Å². The lowest BCUT2D eigenvalue weighted by Crippen LogP contribution is -1.99. The summed E-state index contributed by atoms with van der Waals surface area (Å²) in [4.78, 5) is 4.57. The van der Waals surface area contributed by atoms with Crippen molar-refractivity contribution in [1.82, 2.24) is 4.98 Å². The first-order valence-electron chi connectivity index (χ1n) is 6.17. The van der Waals surface area contributed by atoms with Gasteiger partial charge in [0.25, 0.3) is 0 Å². The van der Waals surface area contributed by atoms with Gasteiger partial charge in [0.15, 0.2) is 5.13 Å². The molecule has 0 fully saturated rings. The molecule has 2 aromatic carbocycles. The zero-order valence-electron chi connectivity index (χ0n) is 10.8. The highest BCUT2D eigenvalue weighted by Crippen LogP contribution is 2.28. The number of thiazole rings is 1. The molecule has 0 unspecified atom stereocenters. The second kappa shape index (κ2) is 5.38. The number of hydrogen-bond acceptors (Lipinski definition) is 3. The van der Waals surface area contributed by atoms with E-state index in [4.69, 9.17) is 11.6 Å². The van der Waals surface area contributed by atoms with Gasteiger partial charge in [-0.1, -0.05) is 41.1 Å². The molecule has 0 spiro atoms. The van der Waals surface area contributed by atoms with Crippen LogP contribution >= 0.6 is 22.9 Å². The Bertz CT molecular complexity index is 770. The van der Waals surface area contributed by atoms with Gasteiger partial charge in [-0.3, -0.25) is 0 Å². The van der Waals surface area contributed by atoms with Gasteiger partial charge < -0.3 is 5.32 Å². The summed E-state index contributed by atoms with van der Waals surface area (Å²) in [5.74, 6) is -0.397. The number of anilines is 1. The zero-order valence-corrected chi connectivity index (χ0v) is 12.4. The van der Waals surface area contributed by atoms with Crippen molar-refractivity contribution < 1.29 is 4.39 Å². The minimum atomic E-state index is -0.397. The van der Waals surface area contributed by atoms with Crippen molar-refractivity contribution in [3.05, 3.63) is 58.4 Å². The normalized spacial score (nSPS) is 10.9. The molecule has 20 heavy (non-hydrogen) atoms. The van der Waals surface area contributed by atoms with E-state index in [0.29, 0.717) is 6.54 Å². The van der Waals surface area contributed by atoms with Crippen molar-refractivity contribution >= 4 is 38.3 Å². The molecule has 0 atom stereocenters. The molecule has 0 aliphatic carbocycles. The third kappa shape index (κ3) is 2.62. The van der Waals surface area contributed by atoms with E-state index >= 15 is 0 Å². The summed E-state index contributed by atoms with van der Waals surface area (Å²) in [7, 11) is 0. The lowest BCUT2D eigenvalue weighted by molar-refractivity contribution is 0.627. The Morgan fingerprint density at radius 1 is 1.30 bits per heavy atom. The standard InChI is InChI=1S/C15H12ClFN2S/c1-9-3-2-4-13-14(9)19-15(20-13)18-8-10-5-6-12(17)11(16)7-10/h2-7H,8H2,1H3,(H,18,19). The largest absolute Gasteiger partial charge is 0.357 e. The predicted octanol–water partition coefficient (Wildman–Crippen LogP) is 5.01. The summed E-state index contributed by atoms with van der Waals surface area (Å²) in [6.07, 6.45) is 0. The zero-order chi connectivity index (χ0) is 14.1. The van der Waals surface area contributed by atoms with Crippen LogP contribution in [0.1, 0.15) is 11.1 Å². The minimum absolute atomic E-state index is 0.143. The SMILES string of the molecule is Cc1cccc2sc(NCc3ccc(F)c(Cl)c3)nc12. The highest BCUT2D eigenvalue weighted by atomic mass is 35.5. The summed E-state index contributed by atoms with van der Waals surface area (Å²) in [5, 5.41) is 4.25. The number of aromatic nitrogens is 1. The molecular formula is C15H12ClFN2S. The average Bonchev–Trinajstić information content (AvgIpc) is 2.85. The van der Waals surface area contributed by atoms with Gasteiger partial charge in [-0.05, 0) is 36.2 Å². The van der Waals surface area contributed by atoms with Crippen LogP contribution in [0, 0.1) is 12.7 Å². The van der Waals surface area contributed by atoms with E-state index < -0.39 is 5.82 Å². The average molecular weight is 307 g/mol. The molecule has 0 bridgehead atoms. The Labute approximate surface area is 125 Å². The highest BCUT2D eigenvalue weighted by molar-refractivity contribution is 7.22. The Kier molecular flexibility index (Phi) is 3.59. The Morgan fingerprint density at radius 2 is 2.15 bits per heavy atom. The van der Waals surface area contributed by atoms with E-state index in [1.807, 2.05) is 19.1 Å². The van der Waals surface area contributed by atoms with Gasteiger partial charge in [-0.2, -0.15) is 0 Å². The third-order valence-corrected chi connectivity index (χ3v) is 4.32. The van der Waals surface area contributed by atoms with Gasteiger partial charge >= 0.3 is 0 Å². The monoisotopic (exact) mass is 306 g/mol. The minimum Gasteiger partial charge on any atom is -0.357 e. The first-order valence-corrected chi connectivity index (χ1v) is 7.37. The molecular weight excluding hydrogens is 295 g/mol.